The molecule has 5 nitrogen and oxygen atoms in total. The molecule has 0 aromatic heterocycles. The molecule has 0 atom stereocenters. The van der Waals surface area contributed by atoms with Gasteiger partial charge in [-0.05, 0) is 36.6 Å². The Bertz CT molecular complexity index is 736. The molecule has 0 heterocycles. The molecule has 0 bridgehead atoms. The van der Waals surface area contributed by atoms with E-state index in [0.29, 0.717) is 12.1 Å². The van der Waals surface area contributed by atoms with E-state index in [1.165, 1.54) is 11.1 Å². The molecular formula is C22H30N4O. The summed E-state index contributed by atoms with van der Waals surface area (Å²) in [6.45, 7) is 6.45. The van der Waals surface area contributed by atoms with E-state index in [1.54, 1.807) is 7.05 Å². The number of unbranched alkanes of at least 4 members (excludes halogenated alkanes) is 1. The van der Waals surface area contributed by atoms with Crippen molar-refractivity contribution in [1.29, 1.82) is 0 Å². The number of amides is 1. The van der Waals surface area contributed by atoms with Gasteiger partial charge in [-0.25, -0.2) is 4.99 Å². The third-order valence-electron chi connectivity index (χ3n) is 4.27. The van der Waals surface area contributed by atoms with E-state index in [9.17, 15) is 4.79 Å². The van der Waals surface area contributed by atoms with Crippen LogP contribution < -0.4 is 16.0 Å². The number of aliphatic imine (C=N–C) groups is 1. The Labute approximate surface area is 162 Å². The topological polar surface area (TPSA) is 65.5 Å². The zero-order valence-electron chi connectivity index (χ0n) is 16.5. The fourth-order valence-corrected chi connectivity index (χ4v) is 2.53. The van der Waals surface area contributed by atoms with E-state index in [0.717, 1.165) is 37.5 Å². The van der Waals surface area contributed by atoms with E-state index in [4.69, 9.17) is 0 Å². The van der Waals surface area contributed by atoms with E-state index in [-0.39, 0.29) is 5.91 Å². The van der Waals surface area contributed by atoms with Crippen molar-refractivity contribution in [3.05, 3.63) is 70.8 Å². The molecule has 27 heavy (non-hydrogen) atoms. The zero-order chi connectivity index (χ0) is 19.5. The van der Waals surface area contributed by atoms with Crippen molar-refractivity contribution in [3.63, 3.8) is 0 Å². The molecule has 3 N–H and O–H groups in total. The molecule has 0 saturated heterocycles. The minimum atomic E-state index is -0.0771. The molecule has 0 fully saturated rings. The van der Waals surface area contributed by atoms with Crippen molar-refractivity contribution in [1.82, 2.24) is 16.0 Å². The average molecular weight is 367 g/mol. The van der Waals surface area contributed by atoms with Gasteiger partial charge in [0.1, 0.15) is 0 Å². The van der Waals surface area contributed by atoms with Gasteiger partial charge in [-0.1, -0.05) is 55.3 Å². The first-order chi connectivity index (χ1) is 13.1. The van der Waals surface area contributed by atoms with Gasteiger partial charge >= 0.3 is 0 Å². The molecule has 0 aliphatic carbocycles. The fraction of sp³-hybridized carbons (Fsp3) is 0.364. The maximum absolute atomic E-state index is 11.6. The highest BCUT2D eigenvalue weighted by molar-refractivity contribution is 5.93. The van der Waals surface area contributed by atoms with Crippen molar-refractivity contribution >= 4 is 11.9 Å². The standard InChI is InChI=1S/C22H30N4O/c1-4-5-14-24-22(25-15-18-8-6-17(2)7-9-18)26-16-19-10-12-20(13-11-19)21(27)23-3/h6-13H,4-5,14-16H2,1-3H3,(H,23,27)(H2,24,25,26). The van der Waals surface area contributed by atoms with Crippen LogP contribution in [-0.2, 0) is 13.1 Å². The number of carbonyl (C=O) groups is 1. The lowest BCUT2D eigenvalue weighted by Crippen LogP contribution is -2.37. The van der Waals surface area contributed by atoms with E-state index >= 15 is 0 Å². The van der Waals surface area contributed by atoms with Gasteiger partial charge in [0.2, 0.25) is 0 Å². The number of guanidine groups is 1. The summed E-state index contributed by atoms with van der Waals surface area (Å²) in [4.78, 5) is 16.3. The smallest absolute Gasteiger partial charge is 0.251 e. The molecular weight excluding hydrogens is 336 g/mol. The number of rotatable bonds is 8. The summed E-state index contributed by atoms with van der Waals surface area (Å²) in [5.74, 6) is 0.728. The number of hydrogen-bond donors (Lipinski definition) is 3. The van der Waals surface area contributed by atoms with Crippen LogP contribution in [0.5, 0.6) is 0 Å². The molecule has 0 aliphatic heterocycles. The molecule has 0 saturated carbocycles. The minimum absolute atomic E-state index is 0.0771. The summed E-state index contributed by atoms with van der Waals surface area (Å²) in [5.41, 5.74) is 4.20. The van der Waals surface area contributed by atoms with Crippen LogP contribution in [0.3, 0.4) is 0 Å². The number of nitrogens with one attached hydrogen (secondary N) is 3. The number of carbonyl (C=O) groups excluding carboxylic acids is 1. The Kier molecular flexibility index (Phi) is 8.36. The van der Waals surface area contributed by atoms with Crippen molar-refractivity contribution in [3.8, 4) is 0 Å². The van der Waals surface area contributed by atoms with Crippen LogP contribution in [0.25, 0.3) is 0 Å². The molecule has 1 amide bonds. The highest BCUT2D eigenvalue weighted by Crippen LogP contribution is 2.06. The van der Waals surface area contributed by atoms with Crippen molar-refractivity contribution in [2.75, 3.05) is 13.6 Å². The molecule has 144 valence electrons. The Morgan fingerprint density at radius 3 is 2.26 bits per heavy atom. The molecule has 2 aromatic rings. The SMILES string of the molecule is CCCCNC(=NCc1ccc(C(=O)NC)cc1)NCc1ccc(C)cc1. The van der Waals surface area contributed by atoms with E-state index in [2.05, 4.69) is 59.1 Å². The predicted octanol–water partition coefficient (Wildman–Crippen LogP) is 3.39. The Hall–Kier alpha value is -2.82. The summed E-state index contributed by atoms with van der Waals surface area (Å²) in [5, 5.41) is 9.41. The van der Waals surface area contributed by atoms with Crippen molar-refractivity contribution < 1.29 is 4.79 Å². The molecule has 0 unspecified atom stereocenters. The van der Waals surface area contributed by atoms with Crippen LogP contribution in [0, 0.1) is 6.92 Å². The quantitative estimate of drug-likeness (QED) is 0.381. The minimum Gasteiger partial charge on any atom is -0.356 e. The van der Waals surface area contributed by atoms with Gasteiger partial charge in [0.15, 0.2) is 5.96 Å². The summed E-state index contributed by atoms with van der Waals surface area (Å²) in [7, 11) is 1.63. The first kappa shape index (κ1) is 20.5. The van der Waals surface area contributed by atoms with Crippen LogP contribution in [0.2, 0.25) is 0 Å². The Balaban J connectivity index is 1.98. The Morgan fingerprint density at radius 2 is 1.63 bits per heavy atom. The maximum Gasteiger partial charge on any atom is 0.251 e. The second kappa shape index (κ2) is 11.0. The van der Waals surface area contributed by atoms with Crippen LogP contribution in [0.4, 0.5) is 0 Å². The van der Waals surface area contributed by atoms with Gasteiger partial charge in [0.25, 0.3) is 5.91 Å². The second-order valence-electron chi connectivity index (χ2n) is 6.56. The van der Waals surface area contributed by atoms with Gasteiger partial charge in [-0.15, -0.1) is 0 Å². The van der Waals surface area contributed by atoms with Gasteiger partial charge in [0, 0.05) is 25.7 Å². The lowest BCUT2D eigenvalue weighted by molar-refractivity contribution is 0.0963. The highest BCUT2D eigenvalue weighted by Gasteiger charge is 2.03. The Morgan fingerprint density at radius 1 is 0.963 bits per heavy atom. The largest absolute Gasteiger partial charge is 0.356 e. The van der Waals surface area contributed by atoms with Crippen LogP contribution >= 0.6 is 0 Å². The molecule has 2 aromatic carbocycles. The molecule has 2 rings (SSSR count). The van der Waals surface area contributed by atoms with E-state index < -0.39 is 0 Å². The third kappa shape index (κ3) is 7.13. The second-order valence-corrected chi connectivity index (χ2v) is 6.56. The third-order valence-corrected chi connectivity index (χ3v) is 4.27. The molecule has 0 spiro atoms. The first-order valence-electron chi connectivity index (χ1n) is 9.51. The number of benzene rings is 2. The first-order valence-corrected chi connectivity index (χ1v) is 9.51. The normalized spacial score (nSPS) is 11.1. The van der Waals surface area contributed by atoms with Crippen LogP contribution in [0.1, 0.15) is 46.8 Å². The van der Waals surface area contributed by atoms with Gasteiger partial charge in [-0.3, -0.25) is 4.79 Å². The highest BCUT2D eigenvalue weighted by atomic mass is 16.1. The van der Waals surface area contributed by atoms with Crippen molar-refractivity contribution in [2.24, 2.45) is 4.99 Å². The van der Waals surface area contributed by atoms with Crippen LogP contribution in [-0.4, -0.2) is 25.5 Å². The number of aryl methyl sites for hydroxylation is 1. The van der Waals surface area contributed by atoms with Crippen LogP contribution in [0.15, 0.2) is 53.5 Å². The monoisotopic (exact) mass is 366 g/mol. The molecule has 0 aliphatic rings. The summed E-state index contributed by atoms with van der Waals surface area (Å²) in [6.07, 6.45) is 2.24. The lowest BCUT2D eigenvalue weighted by Gasteiger charge is -2.13. The maximum atomic E-state index is 11.6. The fourth-order valence-electron chi connectivity index (χ4n) is 2.53. The summed E-state index contributed by atoms with van der Waals surface area (Å²) >= 11 is 0. The number of nitrogens with zero attached hydrogens (tertiary/aromatic N) is 1. The van der Waals surface area contributed by atoms with Gasteiger partial charge in [-0.2, -0.15) is 0 Å². The van der Waals surface area contributed by atoms with E-state index in [1.807, 2.05) is 24.3 Å². The average Bonchev–Trinajstić information content (AvgIpc) is 2.70. The summed E-state index contributed by atoms with van der Waals surface area (Å²) < 4.78 is 0. The van der Waals surface area contributed by atoms with Gasteiger partial charge in [0.05, 0.1) is 6.54 Å². The van der Waals surface area contributed by atoms with Crippen molar-refractivity contribution in [2.45, 2.75) is 39.8 Å². The molecule has 0 radical (unpaired) electrons. The predicted molar refractivity (Wildman–Crippen MR) is 112 cm³/mol. The lowest BCUT2D eigenvalue weighted by atomic mass is 10.1. The molecule has 5 heteroatoms. The van der Waals surface area contributed by atoms with Gasteiger partial charge < -0.3 is 16.0 Å². The number of hydrogen-bond acceptors (Lipinski definition) is 2. The summed E-state index contributed by atoms with van der Waals surface area (Å²) in [6, 6.07) is 16.0. The zero-order valence-corrected chi connectivity index (χ0v) is 16.5.